The number of hydrogen-bond acceptors (Lipinski definition) is 9. The number of aromatic nitrogens is 3. The van der Waals surface area contributed by atoms with Crippen LogP contribution in [0.15, 0.2) is 36.4 Å². The third-order valence-corrected chi connectivity index (χ3v) is 11.6. The van der Waals surface area contributed by atoms with Crippen LogP contribution in [-0.4, -0.2) is 74.8 Å². The van der Waals surface area contributed by atoms with Crippen LogP contribution in [0.1, 0.15) is 101 Å². The second kappa shape index (κ2) is 19.6. The number of amides is 1. The van der Waals surface area contributed by atoms with E-state index in [0.29, 0.717) is 67.4 Å². The average molecular weight is 817 g/mol. The predicted molar refractivity (Wildman–Crippen MR) is 223 cm³/mol. The minimum atomic E-state index is -2.01. The zero-order chi connectivity index (χ0) is 41.3. The van der Waals surface area contributed by atoms with Gasteiger partial charge < -0.3 is 28.0 Å². The van der Waals surface area contributed by atoms with Crippen LogP contribution in [0.5, 0.6) is 17.4 Å². The number of H-pyrrole nitrogens is 1. The maximum Gasteiger partial charge on any atom is 0.415 e. The Morgan fingerprint density at radius 3 is 2.45 bits per heavy atom. The Hall–Kier alpha value is -5.07. The van der Waals surface area contributed by atoms with Crippen LogP contribution in [0.3, 0.4) is 0 Å². The number of fused-ring (bicyclic) bond motifs is 1. The number of rotatable bonds is 16. The molecule has 1 amide bonds. The largest absolute Gasteiger partial charge is 0.490 e. The summed E-state index contributed by atoms with van der Waals surface area (Å²) >= 11 is -2.01. The first-order chi connectivity index (χ1) is 28.0. The number of aromatic amines is 1. The molecule has 1 aliphatic heterocycles. The van der Waals surface area contributed by atoms with Crippen LogP contribution < -0.4 is 18.4 Å². The summed E-state index contributed by atoms with van der Waals surface area (Å²) in [5.41, 5.74) is 2.60. The Balaban J connectivity index is 1.26. The summed E-state index contributed by atoms with van der Waals surface area (Å²) in [5, 5.41) is 3.14. The number of unbranched alkanes of at least 4 members (excludes halogenated alkanes) is 5. The van der Waals surface area contributed by atoms with E-state index in [0.717, 1.165) is 36.8 Å². The Labute approximate surface area is 343 Å². The van der Waals surface area contributed by atoms with Crippen LogP contribution in [-0.2, 0) is 20.7 Å². The van der Waals surface area contributed by atoms with Crippen LogP contribution in [0, 0.1) is 38.2 Å². The number of nitrogens with one attached hydrogen (secondary N) is 2. The van der Waals surface area contributed by atoms with Gasteiger partial charge >= 0.3 is 23.3 Å². The van der Waals surface area contributed by atoms with Crippen LogP contribution in [0.25, 0.3) is 21.9 Å². The molecule has 312 valence electrons. The topological polar surface area (TPSA) is 150 Å². The van der Waals surface area contributed by atoms with Gasteiger partial charge in [-0.2, -0.15) is 4.21 Å². The van der Waals surface area contributed by atoms with Gasteiger partial charge in [-0.3, -0.25) is 9.82 Å². The summed E-state index contributed by atoms with van der Waals surface area (Å²) in [6, 6.07) is 11.0. The molecule has 0 radical (unpaired) electrons. The first kappa shape index (κ1) is 42.5. The minimum Gasteiger partial charge on any atom is -0.490 e. The van der Waals surface area contributed by atoms with E-state index in [-0.39, 0.29) is 40.7 Å². The average Bonchev–Trinajstić information content (AvgIpc) is 3.75. The van der Waals surface area contributed by atoms with E-state index in [4.69, 9.17) is 34.7 Å². The first-order valence-electron chi connectivity index (χ1n) is 20.5. The van der Waals surface area contributed by atoms with E-state index in [1.54, 1.807) is 12.1 Å². The van der Waals surface area contributed by atoms with Gasteiger partial charge in [0.25, 0.3) is 5.69 Å². The molecule has 2 aromatic heterocycles. The second-order valence-electron chi connectivity index (χ2n) is 15.8. The number of esters is 1. The molecule has 3 unspecified atom stereocenters. The van der Waals surface area contributed by atoms with Crippen molar-refractivity contribution in [2.45, 2.75) is 99.0 Å². The summed E-state index contributed by atoms with van der Waals surface area (Å²) in [6.07, 6.45) is 7.64. The molecule has 2 fully saturated rings. The van der Waals surface area contributed by atoms with Gasteiger partial charge in [-0.1, -0.05) is 78.0 Å². The normalized spacial score (nSPS) is 20.0. The first-order valence-corrected chi connectivity index (χ1v) is 21.5. The summed E-state index contributed by atoms with van der Waals surface area (Å²) in [5.74, 6) is 1.06. The molecule has 14 nitrogen and oxygen atoms in total. The Morgan fingerprint density at radius 2 is 1.72 bits per heavy atom. The fraction of sp³-hybridized carbons (Fsp3) is 0.535. The molecule has 1 saturated heterocycles. The number of carbonyl (C=O) groups excluding carboxylic acids is 2. The van der Waals surface area contributed by atoms with E-state index in [1.165, 1.54) is 35.1 Å². The van der Waals surface area contributed by atoms with Gasteiger partial charge in [0.1, 0.15) is 11.7 Å². The highest BCUT2D eigenvalue weighted by Crippen LogP contribution is 2.41. The van der Waals surface area contributed by atoms with Gasteiger partial charge in [0, 0.05) is 18.7 Å². The number of ether oxygens (including phenoxy) is 4. The van der Waals surface area contributed by atoms with Crippen molar-refractivity contribution in [1.82, 2.24) is 19.5 Å². The van der Waals surface area contributed by atoms with Crippen molar-refractivity contribution < 1.29 is 36.9 Å². The molecular formula is C43H56N6O8S. The highest BCUT2D eigenvalue weighted by atomic mass is 32.2. The van der Waals surface area contributed by atoms with E-state index in [2.05, 4.69) is 42.4 Å². The van der Waals surface area contributed by atoms with Crippen LogP contribution >= 0.6 is 0 Å². The fourth-order valence-electron chi connectivity index (χ4n) is 7.93. The van der Waals surface area contributed by atoms with Gasteiger partial charge in [-0.15, -0.1) is 0 Å². The minimum absolute atomic E-state index is 0.0789. The molecule has 15 heteroatoms. The quantitative estimate of drug-likeness (QED) is 0.0641. The maximum atomic E-state index is 14.1. The Bertz CT molecular complexity index is 2120. The summed E-state index contributed by atoms with van der Waals surface area (Å²) < 4.78 is 47.1. The zero-order valence-electron chi connectivity index (χ0n) is 34.4. The lowest BCUT2D eigenvalue weighted by atomic mass is 9.75. The van der Waals surface area contributed by atoms with Gasteiger partial charge in [0.05, 0.1) is 32.1 Å². The smallest absolute Gasteiger partial charge is 0.415 e. The van der Waals surface area contributed by atoms with E-state index in [9.17, 15) is 13.8 Å². The van der Waals surface area contributed by atoms with E-state index >= 15 is 0 Å². The Kier molecular flexibility index (Phi) is 14.4. The van der Waals surface area contributed by atoms with Crippen molar-refractivity contribution in [3.05, 3.63) is 64.5 Å². The van der Waals surface area contributed by atoms with Crippen molar-refractivity contribution in [2.24, 2.45) is 17.8 Å². The van der Waals surface area contributed by atoms with E-state index in [1.807, 2.05) is 38.1 Å². The molecule has 0 spiro atoms. The molecule has 0 bridgehead atoms. The number of benzene rings is 2. The number of hydrogen-bond donors (Lipinski definition) is 2. The third-order valence-electron chi connectivity index (χ3n) is 10.9. The molecule has 4 aromatic rings. The van der Waals surface area contributed by atoms with Crippen molar-refractivity contribution in [1.29, 1.82) is 0 Å². The highest BCUT2D eigenvalue weighted by Gasteiger charge is 2.38. The van der Waals surface area contributed by atoms with Gasteiger partial charge in [0.2, 0.25) is 5.88 Å². The number of anilines is 1. The molecule has 2 aliphatic rings. The van der Waals surface area contributed by atoms with E-state index < -0.39 is 23.3 Å². The van der Waals surface area contributed by atoms with Crippen LogP contribution in [0.2, 0.25) is 0 Å². The summed E-state index contributed by atoms with van der Waals surface area (Å²) in [6.45, 7) is 22.3. The number of morpholine rings is 1. The predicted octanol–water partition coefficient (Wildman–Crippen LogP) is 9.36. The number of aryl methyl sites for hydroxylation is 2. The number of nitrogens with zero attached hydrogens (tertiary/aromatic N) is 4. The molecule has 1 saturated carbocycles. The second-order valence-corrected chi connectivity index (χ2v) is 16.6. The monoisotopic (exact) mass is 816 g/mol. The summed E-state index contributed by atoms with van der Waals surface area (Å²) in [4.78, 5) is 37.4. The van der Waals surface area contributed by atoms with Crippen LogP contribution in [0.4, 0.5) is 16.2 Å². The highest BCUT2D eigenvalue weighted by molar-refractivity contribution is 7.82. The SMILES string of the molecule is [C-]#[N+]c1c(C(=O)OC2C(C)CC(C)CC2C)c2nc(-c3ccc(C)c(NS(=O)Oc4cc(C)ccc4OCCCCCCCC)c3)[nH]n2c1OC(=O)N1CCOCC1. The molecule has 3 atom stereocenters. The molecule has 58 heavy (non-hydrogen) atoms. The van der Waals surface area contributed by atoms with Gasteiger partial charge in [-0.05, 0) is 80.2 Å². The Morgan fingerprint density at radius 1 is 1.00 bits per heavy atom. The van der Waals surface area contributed by atoms with Crippen molar-refractivity contribution in [3.63, 3.8) is 0 Å². The van der Waals surface area contributed by atoms with Crippen molar-refractivity contribution in [2.75, 3.05) is 37.6 Å². The standard InChI is InChI=1S/C43H56N6O8S/c1-8-9-10-11-12-13-20-54-34-17-14-27(2)25-35(34)57-58(52)47-33-26-32(16-15-29(33)4)39-45-40-36(42(50)55-38-30(5)23-28(3)24-31(38)6)37(44-7)41(49(40)46-39)56-43(51)48-18-21-53-22-19-48/h14-17,25-26,28,30-31,38,47H,8-13,18-24H2,1-6H3,(H,45,46). The van der Waals surface area contributed by atoms with Crippen molar-refractivity contribution >= 4 is 40.4 Å². The van der Waals surface area contributed by atoms with Gasteiger partial charge in [0.15, 0.2) is 23.0 Å². The lowest BCUT2D eigenvalue weighted by molar-refractivity contribution is -0.0249. The molecule has 3 heterocycles. The molecule has 2 N–H and O–H groups in total. The fourth-order valence-corrected chi connectivity index (χ4v) is 8.66. The third kappa shape index (κ3) is 10.1. The molecular weight excluding hydrogens is 761 g/mol. The summed E-state index contributed by atoms with van der Waals surface area (Å²) in [7, 11) is 0. The molecule has 6 rings (SSSR count). The lowest BCUT2D eigenvalue weighted by Crippen LogP contribution is -2.42. The maximum absolute atomic E-state index is 14.1. The lowest BCUT2D eigenvalue weighted by Gasteiger charge is -2.37. The number of carbonyl (C=O) groups is 2. The van der Waals surface area contributed by atoms with Gasteiger partial charge in [-0.25, -0.2) is 23.9 Å². The molecule has 2 aromatic carbocycles. The molecule has 1 aliphatic carbocycles. The van der Waals surface area contributed by atoms with Crippen molar-refractivity contribution in [3.8, 4) is 28.8 Å². The zero-order valence-corrected chi connectivity index (χ0v) is 35.2.